The first-order valence-corrected chi connectivity index (χ1v) is 5.76. The molecule has 6 nitrogen and oxygen atoms in total. The highest BCUT2D eigenvalue weighted by atomic mass is 16.4. The first-order valence-electron chi connectivity index (χ1n) is 5.76. The second-order valence-corrected chi connectivity index (χ2v) is 4.28. The highest BCUT2D eigenvalue weighted by Crippen LogP contribution is 2.28. The summed E-state index contributed by atoms with van der Waals surface area (Å²) in [5.74, 6) is -1.54. The summed E-state index contributed by atoms with van der Waals surface area (Å²) in [5.41, 5.74) is 0.597. The molecule has 6 heteroatoms. The summed E-state index contributed by atoms with van der Waals surface area (Å²) in [6.45, 7) is -0.746. The predicted octanol–water partition coefficient (Wildman–Crippen LogP) is -0.726. The Bertz CT molecular complexity index is 292. The molecule has 0 amide bonds. The third-order valence-corrected chi connectivity index (χ3v) is 3.22. The van der Waals surface area contributed by atoms with Crippen LogP contribution in [0.3, 0.4) is 0 Å². The number of aliphatic carboxylic acids is 1. The highest BCUT2D eigenvalue weighted by Gasteiger charge is 2.30. The van der Waals surface area contributed by atoms with Gasteiger partial charge in [0, 0.05) is 18.2 Å². The van der Waals surface area contributed by atoms with Crippen LogP contribution in [-0.4, -0.2) is 58.0 Å². The molecule has 1 aliphatic rings. The fraction of sp³-hybridized carbons (Fsp3) is 0.818. The number of carbonyl (C=O) groups is 1. The lowest BCUT2D eigenvalue weighted by molar-refractivity contribution is -0.139. The van der Waals surface area contributed by atoms with Crippen molar-refractivity contribution < 1.29 is 25.2 Å². The van der Waals surface area contributed by atoms with Gasteiger partial charge in [-0.25, -0.2) is 4.79 Å². The monoisotopic (exact) mass is 245 g/mol. The van der Waals surface area contributed by atoms with Crippen molar-refractivity contribution in [2.75, 3.05) is 19.8 Å². The molecule has 0 aromatic rings. The summed E-state index contributed by atoms with van der Waals surface area (Å²) in [4.78, 5) is 14.8. The zero-order valence-electron chi connectivity index (χ0n) is 9.62. The van der Waals surface area contributed by atoms with E-state index in [9.17, 15) is 15.0 Å². The molecule has 4 N–H and O–H groups in total. The molecular formula is C11H19NO5. The number of nitrogens with zero attached hydrogens (tertiary/aromatic N) is 1. The van der Waals surface area contributed by atoms with Crippen molar-refractivity contribution >= 4 is 11.7 Å². The van der Waals surface area contributed by atoms with Crippen LogP contribution in [0.2, 0.25) is 0 Å². The van der Waals surface area contributed by atoms with Gasteiger partial charge in [0.2, 0.25) is 0 Å². The smallest absolute Gasteiger partial charge is 0.330 e. The molecule has 0 spiro atoms. The zero-order valence-corrected chi connectivity index (χ0v) is 9.62. The largest absolute Gasteiger partial charge is 0.480 e. The molecule has 0 radical (unpaired) electrons. The van der Waals surface area contributed by atoms with Gasteiger partial charge in [-0.2, -0.15) is 0 Å². The molecule has 98 valence electrons. The SMILES string of the molecule is O=C(O)[C@H](CO)N=C1CCCC(CO)C1CO. The molecule has 0 saturated heterocycles. The lowest BCUT2D eigenvalue weighted by Gasteiger charge is -2.30. The van der Waals surface area contributed by atoms with E-state index in [-0.39, 0.29) is 25.0 Å². The molecule has 1 fully saturated rings. The van der Waals surface area contributed by atoms with Crippen molar-refractivity contribution in [3.63, 3.8) is 0 Å². The Morgan fingerprint density at radius 2 is 2.06 bits per heavy atom. The molecule has 17 heavy (non-hydrogen) atoms. The summed E-state index contributed by atoms with van der Waals surface area (Å²) in [7, 11) is 0. The van der Waals surface area contributed by atoms with Gasteiger partial charge in [-0.15, -0.1) is 0 Å². The van der Waals surface area contributed by atoms with Crippen molar-refractivity contribution in [3.8, 4) is 0 Å². The topological polar surface area (TPSA) is 110 Å². The van der Waals surface area contributed by atoms with Gasteiger partial charge in [0.15, 0.2) is 6.04 Å². The summed E-state index contributed by atoms with van der Waals surface area (Å²) in [6.07, 6.45) is 2.24. The average molecular weight is 245 g/mol. The summed E-state index contributed by atoms with van der Waals surface area (Å²) in [5, 5.41) is 36.2. The van der Waals surface area contributed by atoms with Crippen LogP contribution >= 0.6 is 0 Å². The summed E-state index contributed by atoms with van der Waals surface area (Å²) in [6, 6.07) is -1.17. The maximum atomic E-state index is 10.8. The van der Waals surface area contributed by atoms with Gasteiger partial charge in [-0.05, 0) is 25.2 Å². The van der Waals surface area contributed by atoms with Crippen LogP contribution in [0.5, 0.6) is 0 Å². The van der Waals surface area contributed by atoms with Crippen LogP contribution in [0.1, 0.15) is 19.3 Å². The van der Waals surface area contributed by atoms with Crippen LogP contribution in [0.25, 0.3) is 0 Å². The number of carboxylic acids is 1. The Morgan fingerprint density at radius 3 is 2.53 bits per heavy atom. The standard InChI is InChI=1S/C11H19NO5/c13-4-7-2-1-3-9(8(7)5-14)12-10(6-15)11(16)17/h7-8,10,13-15H,1-6H2,(H,16,17)/t7?,8?,10-/m0/s1. The summed E-state index contributed by atoms with van der Waals surface area (Å²) >= 11 is 0. The number of carboxylic acid groups (broad SMARTS) is 1. The van der Waals surface area contributed by atoms with Crippen LogP contribution in [0, 0.1) is 11.8 Å². The van der Waals surface area contributed by atoms with Gasteiger partial charge < -0.3 is 20.4 Å². The van der Waals surface area contributed by atoms with E-state index in [1.54, 1.807) is 0 Å². The Kier molecular flexibility index (Phi) is 5.54. The molecule has 0 heterocycles. The van der Waals surface area contributed by atoms with Gasteiger partial charge in [-0.1, -0.05) is 0 Å². The van der Waals surface area contributed by atoms with Crippen LogP contribution in [0.15, 0.2) is 4.99 Å². The third kappa shape index (κ3) is 3.49. The number of aliphatic hydroxyl groups excluding tert-OH is 3. The highest BCUT2D eigenvalue weighted by molar-refractivity contribution is 5.90. The fourth-order valence-electron chi connectivity index (χ4n) is 2.21. The molecule has 1 aliphatic carbocycles. The van der Waals surface area contributed by atoms with Crippen molar-refractivity contribution in [2.45, 2.75) is 25.3 Å². The molecule has 0 aromatic heterocycles. The zero-order chi connectivity index (χ0) is 12.8. The van der Waals surface area contributed by atoms with E-state index < -0.39 is 18.6 Å². The number of hydrogen-bond acceptors (Lipinski definition) is 5. The first kappa shape index (κ1) is 14.1. The van der Waals surface area contributed by atoms with Gasteiger partial charge in [-0.3, -0.25) is 4.99 Å². The maximum Gasteiger partial charge on any atom is 0.330 e. The average Bonchev–Trinajstić information content (AvgIpc) is 2.34. The molecule has 0 aliphatic heterocycles. The van der Waals surface area contributed by atoms with E-state index in [2.05, 4.69) is 4.99 Å². The molecule has 3 atom stereocenters. The second kappa shape index (κ2) is 6.68. The minimum absolute atomic E-state index is 0.0406. The number of aliphatic hydroxyl groups is 3. The molecule has 1 saturated carbocycles. The minimum Gasteiger partial charge on any atom is -0.480 e. The molecule has 0 bridgehead atoms. The van der Waals surface area contributed by atoms with Crippen molar-refractivity contribution in [1.29, 1.82) is 0 Å². The van der Waals surface area contributed by atoms with E-state index in [0.29, 0.717) is 12.1 Å². The molecule has 2 unspecified atom stereocenters. The Hall–Kier alpha value is -0.980. The van der Waals surface area contributed by atoms with E-state index in [1.165, 1.54) is 0 Å². The van der Waals surface area contributed by atoms with E-state index in [4.69, 9.17) is 10.2 Å². The second-order valence-electron chi connectivity index (χ2n) is 4.28. The molecule has 0 aromatic carbocycles. The normalized spacial score (nSPS) is 29.2. The van der Waals surface area contributed by atoms with Gasteiger partial charge >= 0.3 is 5.97 Å². The quantitative estimate of drug-likeness (QED) is 0.510. The molecular weight excluding hydrogens is 226 g/mol. The van der Waals surface area contributed by atoms with Crippen molar-refractivity contribution in [2.24, 2.45) is 16.8 Å². The van der Waals surface area contributed by atoms with Crippen molar-refractivity contribution in [3.05, 3.63) is 0 Å². The summed E-state index contributed by atoms with van der Waals surface area (Å²) < 4.78 is 0. The van der Waals surface area contributed by atoms with E-state index >= 15 is 0 Å². The fourth-order valence-corrected chi connectivity index (χ4v) is 2.21. The Labute approximate surface area is 99.6 Å². The predicted molar refractivity (Wildman–Crippen MR) is 60.9 cm³/mol. The van der Waals surface area contributed by atoms with Crippen LogP contribution in [0.4, 0.5) is 0 Å². The minimum atomic E-state index is -1.18. The molecule has 1 rings (SSSR count). The lowest BCUT2D eigenvalue weighted by Crippen LogP contribution is -2.35. The van der Waals surface area contributed by atoms with Crippen molar-refractivity contribution in [1.82, 2.24) is 0 Å². The van der Waals surface area contributed by atoms with Crippen LogP contribution < -0.4 is 0 Å². The van der Waals surface area contributed by atoms with E-state index in [0.717, 1.165) is 12.8 Å². The third-order valence-electron chi connectivity index (χ3n) is 3.22. The number of aliphatic imine (C=N–C) groups is 1. The van der Waals surface area contributed by atoms with Crippen LogP contribution in [-0.2, 0) is 4.79 Å². The van der Waals surface area contributed by atoms with Gasteiger partial charge in [0.25, 0.3) is 0 Å². The van der Waals surface area contributed by atoms with Gasteiger partial charge in [0.05, 0.1) is 13.2 Å². The number of rotatable bonds is 5. The lowest BCUT2D eigenvalue weighted by atomic mass is 9.78. The van der Waals surface area contributed by atoms with E-state index in [1.807, 2.05) is 0 Å². The van der Waals surface area contributed by atoms with Gasteiger partial charge in [0.1, 0.15) is 0 Å². The Morgan fingerprint density at radius 1 is 1.35 bits per heavy atom. The number of hydrogen-bond donors (Lipinski definition) is 4. The Balaban J connectivity index is 2.85. The first-order chi connectivity index (χ1) is 8.13. The maximum absolute atomic E-state index is 10.8.